The lowest BCUT2D eigenvalue weighted by Crippen LogP contribution is -2.49. The first-order chi connectivity index (χ1) is 11.7. The van der Waals surface area contributed by atoms with Crippen molar-refractivity contribution in [1.82, 2.24) is 9.96 Å². The molecule has 0 bridgehead atoms. The van der Waals surface area contributed by atoms with Gasteiger partial charge in [0, 0.05) is 19.1 Å². The van der Waals surface area contributed by atoms with Crippen molar-refractivity contribution in [2.24, 2.45) is 0 Å². The zero-order chi connectivity index (χ0) is 16.5. The van der Waals surface area contributed by atoms with Gasteiger partial charge in [0.05, 0.1) is 19.3 Å². The molecule has 3 saturated heterocycles. The molecule has 0 aliphatic carbocycles. The van der Waals surface area contributed by atoms with Crippen LogP contribution in [0.25, 0.3) is 0 Å². The lowest BCUT2D eigenvalue weighted by molar-refractivity contribution is -0.213. The van der Waals surface area contributed by atoms with E-state index < -0.39 is 0 Å². The Labute approximate surface area is 142 Å². The van der Waals surface area contributed by atoms with E-state index in [1.165, 1.54) is 5.06 Å². The summed E-state index contributed by atoms with van der Waals surface area (Å²) >= 11 is 0. The van der Waals surface area contributed by atoms with Gasteiger partial charge in [-0.05, 0) is 51.2 Å². The summed E-state index contributed by atoms with van der Waals surface area (Å²) < 4.78 is 11.9. The van der Waals surface area contributed by atoms with Gasteiger partial charge in [0.25, 0.3) is 5.91 Å². The van der Waals surface area contributed by atoms with E-state index in [1.54, 1.807) is 0 Å². The van der Waals surface area contributed by atoms with Crippen molar-refractivity contribution < 1.29 is 18.8 Å². The molecule has 6 nitrogen and oxygen atoms in total. The fourth-order valence-electron chi connectivity index (χ4n) is 4.09. The van der Waals surface area contributed by atoms with Gasteiger partial charge in [-0.1, -0.05) is 0 Å². The van der Waals surface area contributed by atoms with Crippen molar-refractivity contribution in [2.75, 3.05) is 19.7 Å². The van der Waals surface area contributed by atoms with Gasteiger partial charge < -0.3 is 9.15 Å². The van der Waals surface area contributed by atoms with Crippen LogP contribution >= 0.6 is 0 Å². The molecule has 1 aromatic heterocycles. The second-order valence-electron chi connectivity index (χ2n) is 7.06. The van der Waals surface area contributed by atoms with Crippen molar-refractivity contribution in [1.29, 1.82) is 0 Å². The molecule has 24 heavy (non-hydrogen) atoms. The molecule has 3 aliphatic heterocycles. The van der Waals surface area contributed by atoms with Crippen LogP contribution < -0.4 is 0 Å². The summed E-state index contributed by atoms with van der Waals surface area (Å²) in [5.74, 6) is 1.97. The number of amides is 1. The van der Waals surface area contributed by atoms with E-state index in [2.05, 4.69) is 4.90 Å². The first kappa shape index (κ1) is 16.1. The van der Waals surface area contributed by atoms with Crippen molar-refractivity contribution in [3.63, 3.8) is 0 Å². The summed E-state index contributed by atoms with van der Waals surface area (Å²) in [5.41, 5.74) is 0. The lowest BCUT2D eigenvalue weighted by atomic mass is 9.98. The van der Waals surface area contributed by atoms with Crippen LogP contribution in [0.15, 0.2) is 16.5 Å². The van der Waals surface area contributed by atoms with Crippen LogP contribution in [0.2, 0.25) is 0 Å². The highest BCUT2D eigenvalue weighted by Crippen LogP contribution is 2.33. The summed E-state index contributed by atoms with van der Waals surface area (Å²) in [5, 5.41) is 1.52. The molecule has 132 valence electrons. The van der Waals surface area contributed by atoms with Crippen LogP contribution in [0, 0.1) is 6.92 Å². The van der Waals surface area contributed by atoms with Gasteiger partial charge >= 0.3 is 0 Å². The van der Waals surface area contributed by atoms with E-state index in [0.29, 0.717) is 19.2 Å². The fraction of sp³-hybridized carbons (Fsp3) is 0.722. The van der Waals surface area contributed by atoms with Gasteiger partial charge in [-0.2, -0.15) is 0 Å². The quantitative estimate of drug-likeness (QED) is 0.849. The zero-order valence-corrected chi connectivity index (χ0v) is 14.3. The topological polar surface area (TPSA) is 55.2 Å². The van der Waals surface area contributed by atoms with E-state index >= 15 is 0 Å². The number of fused-ring (bicyclic) bond motifs is 1. The maximum absolute atomic E-state index is 12.6. The van der Waals surface area contributed by atoms with Crippen LogP contribution in [0.4, 0.5) is 0 Å². The van der Waals surface area contributed by atoms with Gasteiger partial charge in [-0.15, -0.1) is 0 Å². The van der Waals surface area contributed by atoms with Crippen molar-refractivity contribution >= 4 is 5.91 Å². The number of rotatable bonds is 3. The summed E-state index contributed by atoms with van der Waals surface area (Å²) in [6, 6.07) is 4.45. The molecule has 3 atom stereocenters. The van der Waals surface area contributed by atoms with Crippen LogP contribution in [0.3, 0.4) is 0 Å². The molecule has 4 heterocycles. The Morgan fingerprint density at radius 3 is 2.88 bits per heavy atom. The number of furan rings is 1. The first-order valence-corrected chi connectivity index (χ1v) is 9.10. The molecule has 4 rings (SSSR count). The molecule has 0 spiro atoms. The van der Waals surface area contributed by atoms with E-state index in [1.807, 2.05) is 19.1 Å². The molecule has 1 aromatic rings. The highest BCUT2D eigenvalue weighted by molar-refractivity contribution is 5.80. The number of nitrogens with zero attached hydrogens (tertiary/aromatic N) is 2. The van der Waals surface area contributed by atoms with Crippen LogP contribution in [0.1, 0.15) is 43.6 Å². The van der Waals surface area contributed by atoms with Gasteiger partial charge in [0.15, 0.2) is 0 Å². The number of ether oxygens (including phenoxy) is 1. The van der Waals surface area contributed by atoms with Crippen molar-refractivity contribution in [3.05, 3.63) is 23.7 Å². The predicted molar refractivity (Wildman–Crippen MR) is 87.1 cm³/mol. The van der Waals surface area contributed by atoms with Crippen LogP contribution in [0.5, 0.6) is 0 Å². The first-order valence-electron chi connectivity index (χ1n) is 9.10. The third kappa shape index (κ3) is 3.23. The standard InChI is InChI=1S/C18H26N2O4/c1-13-4-5-14(23-13)12-19-10-8-16-15(19)6-7-17(24-16)18(21)20-9-2-3-11-22-20/h4-5,15-17H,2-3,6-12H2,1H3/t15-,16-,17-/m0/s1. The number of hydrogen-bond acceptors (Lipinski definition) is 5. The molecular weight excluding hydrogens is 308 g/mol. The average Bonchev–Trinajstić information content (AvgIpc) is 3.21. The minimum atomic E-state index is -0.338. The Balaban J connectivity index is 1.34. The van der Waals surface area contributed by atoms with Gasteiger partial charge in [0.1, 0.15) is 17.6 Å². The van der Waals surface area contributed by atoms with Gasteiger partial charge in [0.2, 0.25) is 0 Å². The van der Waals surface area contributed by atoms with E-state index in [0.717, 1.165) is 56.7 Å². The molecule has 6 heteroatoms. The largest absolute Gasteiger partial charge is 0.465 e. The summed E-state index contributed by atoms with van der Waals surface area (Å²) in [6.07, 6.45) is 4.60. The lowest BCUT2D eigenvalue weighted by Gasteiger charge is -2.37. The Hall–Kier alpha value is -1.37. The minimum Gasteiger partial charge on any atom is -0.465 e. The second kappa shape index (κ2) is 6.86. The SMILES string of the molecule is Cc1ccc(CN2CC[C@@H]3O[C@H](C(=O)N4CCCCO4)CC[C@@H]32)o1. The molecule has 3 fully saturated rings. The van der Waals surface area contributed by atoms with E-state index in [-0.39, 0.29) is 18.1 Å². The maximum atomic E-state index is 12.6. The van der Waals surface area contributed by atoms with Crippen molar-refractivity contribution in [2.45, 2.75) is 63.8 Å². The van der Waals surface area contributed by atoms with Gasteiger partial charge in [-0.25, -0.2) is 5.06 Å². The second-order valence-corrected chi connectivity index (χ2v) is 7.06. The summed E-state index contributed by atoms with van der Waals surface area (Å²) in [4.78, 5) is 20.5. The zero-order valence-electron chi connectivity index (χ0n) is 14.3. The van der Waals surface area contributed by atoms with Crippen LogP contribution in [-0.2, 0) is 20.9 Å². The minimum absolute atomic E-state index is 0.00765. The number of aryl methyl sites for hydroxylation is 1. The number of hydrogen-bond donors (Lipinski definition) is 0. The molecule has 3 aliphatic rings. The Morgan fingerprint density at radius 1 is 1.21 bits per heavy atom. The van der Waals surface area contributed by atoms with E-state index in [9.17, 15) is 4.79 Å². The molecule has 1 amide bonds. The molecule has 0 saturated carbocycles. The van der Waals surface area contributed by atoms with Gasteiger partial charge in [-0.3, -0.25) is 14.5 Å². The average molecular weight is 334 g/mol. The normalized spacial score (nSPS) is 31.2. The number of carbonyl (C=O) groups is 1. The number of likely N-dealkylation sites (tertiary alicyclic amines) is 1. The summed E-state index contributed by atoms with van der Waals surface area (Å²) in [6.45, 7) is 5.12. The van der Waals surface area contributed by atoms with Crippen LogP contribution in [-0.4, -0.2) is 53.8 Å². The Bertz CT molecular complexity index is 581. The molecule has 0 unspecified atom stereocenters. The third-order valence-electron chi connectivity index (χ3n) is 5.34. The maximum Gasteiger partial charge on any atom is 0.275 e. The molecule has 0 aromatic carbocycles. The highest BCUT2D eigenvalue weighted by Gasteiger charge is 2.43. The molecule has 0 N–H and O–H groups in total. The Morgan fingerprint density at radius 2 is 2.12 bits per heavy atom. The molecule has 0 radical (unpaired) electrons. The monoisotopic (exact) mass is 334 g/mol. The highest BCUT2D eigenvalue weighted by atomic mass is 16.7. The third-order valence-corrected chi connectivity index (χ3v) is 5.34. The number of carbonyl (C=O) groups excluding carboxylic acids is 1. The van der Waals surface area contributed by atoms with Crippen molar-refractivity contribution in [3.8, 4) is 0 Å². The molecular formula is C18H26N2O4. The fourth-order valence-corrected chi connectivity index (χ4v) is 4.09. The Kier molecular flexibility index (Phi) is 4.61. The predicted octanol–water partition coefficient (Wildman–Crippen LogP) is 2.26. The number of hydroxylamine groups is 2. The smallest absolute Gasteiger partial charge is 0.275 e. The van der Waals surface area contributed by atoms with E-state index in [4.69, 9.17) is 14.0 Å². The summed E-state index contributed by atoms with van der Waals surface area (Å²) in [7, 11) is 0.